The van der Waals surface area contributed by atoms with Crippen molar-refractivity contribution in [3.8, 4) is 0 Å². The summed E-state index contributed by atoms with van der Waals surface area (Å²) in [5.74, 6) is 0. The fourth-order valence-corrected chi connectivity index (χ4v) is 0.543. The first-order chi connectivity index (χ1) is 5.20. The van der Waals surface area contributed by atoms with Crippen LogP contribution in [0.3, 0.4) is 0 Å². The van der Waals surface area contributed by atoms with Gasteiger partial charge in [-0.3, -0.25) is 0 Å². The van der Waals surface area contributed by atoms with Crippen LogP contribution in [-0.2, 0) is 4.74 Å². The molecule has 0 amide bonds. The third-order valence-corrected chi connectivity index (χ3v) is 1.09. The van der Waals surface area contributed by atoms with Crippen LogP contribution in [0.25, 0.3) is 0 Å². The van der Waals surface area contributed by atoms with Crippen molar-refractivity contribution in [3.63, 3.8) is 0 Å². The fourth-order valence-electron chi connectivity index (χ4n) is 0.543. The number of hydrogen-bond acceptors (Lipinski definition) is 2. The Labute approximate surface area is 67.5 Å². The zero-order valence-corrected chi connectivity index (χ0v) is 6.79. The van der Waals surface area contributed by atoms with Gasteiger partial charge in [0.2, 0.25) is 0 Å². The topological polar surface area (TPSA) is 29.5 Å². The first-order valence-corrected chi connectivity index (χ1v) is 3.44. The molecule has 11 heavy (non-hydrogen) atoms. The van der Waals surface area contributed by atoms with Crippen LogP contribution in [0.4, 0.5) is 0 Å². The van der Waals surface area contributed by atoms with E-state index in [4.69, 9.17) is 9.84 Å². The lowest BCUT2D eigenvalue weighted by Gasteiger charge is -2.05. The van der Waals surface area contributed by atoms with Gasteiger partial charge in [-0.2, -0.15) is 0 Å². The van der Waals surface area contributed by atoms with Crippen molar-refractivity contribution in [3.05, 3.63) is 37.0 Å². The third-order valence-electron chi connectivity index (χ3n) is 1.09. The van der Waals surface area contributed by atoms with Crippen molar-refractivity contribution < 1.29 is 9.84 Å². The van der Waals surface area contributed by atoms with Gasteiger partial charge in [-0.05, 0) is 12.5 Å². The Kier molecular flexibility index (Phi) is 5.43. The number of aliphatic hydroxyl groups is 1. The van der Waals surface area contributed by atoms with Crippen LogP contribution in [0.15, 0.2) is 37.0 Å². The fraction of sp³-hybridized carbons (Fsp3) is 0.333. The van der Waals surface area contributed by atoms with Crippen LogP contribution in [0.5, 0.6) is 0 Å². The molecule has 0 saturated carbocycles. The lowest BCUT2D eigenvalue weighted by atomic mass is 10.2. The number of aliphatic hydroxyl groups excluding tert-OH is 1. The summed E-state index contributed by atoms with van der Waals surface area (Å²) in [6.07, 6.45) is 4.38. The first kappa shape index (κ1) is 10.1. The summed E-state index contributed by atoms with van der Waals surface area (Å²) in [4.78, 5) is 0. The summed E-state index contributed by atoms with van der Waals surface area (Å²) < 4.78 is 4.92. The molecule has 1 N–H and O–H groups in total. The Hall–Kier alpha value is -0.860. The average molecular weight is 154 g/mol. The quantitative estimate of drug-likeness (QED) is 0.482. The second-order valence-corrected chi connectivity index (χ2v) is 2.09. The minimum Gasteiger partial charge on any atom is -0.368 e. The molecular formula is C9H14O2. The Morgan fingerprint density at radius 1 is 1.64 bits per heavy atom. The number of rotatable bonds is 5. The van der Waals surface area contributed by atoms with Crippen LogP contribution in [-0.4, -0.2) is 18.0 Å². The van der Waals surface area contributed by atoms with Gasteiger partial charge in [0.15, 0.2) is 6.29 Å². The van der Waals surface area contributed by atoms with Gasteiger partial charge in [0, 0.05) is 0 Å². The maximum absolute atomic E-state index is 8.76. The van der Waals surface area contributed by atoms with Gasteiger partial charge in [-0.15, -0.1) is 0 Å². The molecule has 0 heterocycles. The van der Waals surface area contributed by atoms with Crippen molar-refractivity contribution in [1.82, 2.24) is 0 Å². The zero-order chi connectivity index (χ0) is 8.69. The van der Waals surface area contributed by atoms with Gasteiger partial charge in [0.25, 0.3) is 0 Å². The standard InChI is InChI=1S/C9H14O2/c1-4-6-9(5-2)7-11-8(3)10/h4-6,8,10H,1-2,7H2,3H3/b9-6+. The second kappa shape index (κ2) is 5.89. The normalized spacial score (nSPS) is 14.2. The minimum absolute atomic E-state index is 0.368. The summed E-state index contributed by atoms with van der Waals surface area (Å²) in [5, 5.41) is 8.76. The molecule has 0 fully saturated rings. The second-order valence-electron chi connectivity index (χ2n) is 2.09. The monoisotopic (exact) mass is 154 g/mol. The smallest absolute Gasteiger partial charge is 0.152 e. The lowest BCUT2D eigenvalue weighted by molar-refractivity contribution is -0.0756. The summed E-state index contributed by atoms with van der Waals surface area (Å²) in [6, 6.07) is 0. The highest BCUT2D eigenvalue weighted by molar-refractivity contribution is 5.21. The molecule has 0 aliphatic heterocycles. The van der Waals surface area contributed by atoms with E-state index < -0.39 is 6.29 Å². The molecule has 0 aliphatic carbocycles. The van der Waals surface area contributed by atoms with Gasteiger partial charge in [-0.1, -0.05) is 31.4 Å². The molecule has 0 bridgehead atoms. The molecule has 0 radical (unpaired) electrons. The van der Waals surface area contributed by atoms with Crippen molar-refractivity contribution in [2.45, 2.75) is 13.2 Å². The van der Waals surface area contributed by atoms with E-state index in [1.54, 1.807) is 25.2 Å². The zero-order valence-electron chi connectivity index (χ0n) is 6.79. The van der Waals surface area contributed by atoms with Gasteiger partial charge in [0.05, 0.1) is 6.61 Å². The molecule has 0 aromatic rings. The predicted molar refractivity (Wildman–Crippen MR) is 46.1 cm³/mol. The van der Waals surface area contributed by atoms with Crippen LogP contribution >= 0.6 is 0 Å². The molecule has 0 aromatic carbocycles. The van der Waals surface area contributed by atoms with E-state index in [0.29, 0.717) is 6.61 Å². The highest BCUT2D eigenvalue weighted by Gasteiger charge is 1.95. The van der Waals surface area contributed by atoms with E-state index in [1.165, 1.54) is 0 Å². The maximum Gasteiger partial charge on any atom is 0.152 e. The van der Waals surface area contributed by atoms with Crippen LogP contribution in [0.1, 0.15) is 6.92 Å². The third kappa shape index (κ3) is 5.58. The number of hydrogen-bond donors (Lipinski definition) is 1. The van der Waals surface area contributed by atoms with Crippen LogP contribution < -0.4 is 0 Å². The van der Waals surface area contributed by atoms with Crippen LogP contribution in [0, 0.1) is 0 Å². The van der Waals surface area contributed by atoms with E-state index >= 15 is 0 Å². The van der Waals surface area contributed by atoms with Crippen molar-refractivity contribution in [2.75, 3.05) is 6.61 Å². The average Bonchev–Trinajstić information content (AvgIpc) is 1.97. The molecule has 0 rings (SSSR count). The summed E-state index contributed by atoms with van der Waals surface area (Å²) >= 11 is 0. The molecule has 0 spiro atoms. The van der Waals surface area contributed by atoms with Gasteiger partial charge in [-0.25, -0.2) is 0 Å². The molecule has 2 nitrogen and oxygen atoms in total. The summed E-state index contributed by atoms with van der Waals surface area (Å²) in [6.45, 7) is 9.05. The molecule has 1 unspecified atom stereocenters. The highest BCUT2D eigenvalue weighted by Crippen LogP contribution is 1.98. The van der Waals surface area contributed by atoms with E-state index in [-0.39, 0.29) is 0 Å². The highest BCUT2D eigenvalue weighted by atomic mass is 16.6. The van der Waals surface area contributed by atoms with E-state index in [9.17, 15) is 0 Å². The molecule has 0 aromatic heterocycles. The van der Waals surface area contributed by atoms with Gasteiger partial charge < -0.3 is 9.84 Å². The van der Waals surface area contributed by atoms with E-state index in [1.807, 2.05) is 0 Å². The molecule has 1 atom stereocenters. The predicted octanol–water partition coefficient (Wildman–Crippen LogP) is 1.64. The van der Waals surface area contributed by atoms with Crippen molar-refractivity contribution >= 4 is 0 Å². The Morgan fingerprint density at radius 3 is 2.64 bits per heavy atom. The van der Waals surface area contributed by atoms with Gasteiger partial charge >= 0.3 is 0 Å². The molecule has 0 aliphatic rings. The van der Waals surface area contributed by atoms with Crippen molar-refractivity contribution in [1.29, 1.82) is 0 Å². The Morgan fingerprint density at radius 2 is 2.27 bits per heavy atom. The molecular weight excluding hydrogens is 140 g/mol. The van der Waals surface area contributed by atoms with E-state index in [2.05, 4.69) is 13.2 Å². The van der Waals surface area contributed by atoms with Crippen LogP contribution in [0.2, 0.25) is 0 Å². The number of allylic oxidation sites excluding steroid dienone is 2. The van der Waals surface area contributed by atoms with Crippen molar-refractivity contribution in [2.24, 2.45) is 0 Å². The minimum atomic E-state index is -0.733. The molecule has 62 valence electrons. The van der Waals surface area contributed by atoms with Gasteiger partial charge in [0.1, 0.15) is 0 Å². The SMILES string of the molecule is C=C/C=C(\C=C)COC(C)O. The number of ether oxygens (including phenoxy) is 1. The summed E-state index contributed by atoms with van der Waals surface area (Å²) in [7, 11) is 0. The molecule has 2 heteroatoms. The Bertz CT molecular complexity index is 157. The maximum atomic E-state index is 8.76. The summed E-state index contributed by atoms with van der Waals surface area (Å²) in [5.41, 5.74) is 0.904. The Balaban J connectivity index is 3.79. The largest absolute Gasteiger partial charge is 0.368 e. The van der Waals surface area contributed by atoms with E-state index in [0.717, 1.165) is 5.57 Å². The first-order valence-electron chi connectivity index (χ1n) is 3.44. The molecule has 0 saturated heterocycles. The lowest BCUT2D eigenvalue weighted by Crippen LogP contribution is -2.08.